The van der Waals surface area contributed by atoms with Crippen LogP contribution in [-0.2, 0) is 9.59 Å². The van der Waals surface area contributed by atoms with Crippen LogP contribution in [0.15, 0.2) is 22.7 Å². The molecular formula is C11H11BrClNO3. The first-order valence-corrected chi connectivity index (χ1v) is 5.93. The van der Waals surface area contributed by atoms with Crippen LogP contribution in [0.3, 0.4) is 0 Å². The molecule has 0 radical (unpaired) electrons. The Morgan fingerprint density at radius 3 is 2.47 bits per heavy atom. The molecule has 0 aliphatic rings. The molecule has 0 spiro atoms. The fourth-order valence-corrected chi connectivity index (χ4v) is 2.19. The van der Waals surface area contributed by atoms with Crippen LogP contribution in [0.1, 0.15) is 18.5 Å². The Labute approximate surface area is 112 Å². The predicted octanol–water partition coefficient (Wildman–Crippen LogP) is 2.71. The van der Waals surface area contributed by atoms with Crippen molar-refractivity contribution in [3.05, 3.63) is 33.3 Å². The van der Waals surface area contributed by atoms with Gasteiger partial charge in [-0.3, -0.25) is 4.79 Å². The van der Waals surface area contributed by atoms with Gasteiger partial charge in [-0.15, -0.1) is 0 Å². The number of benzene rings is 1. The van der Waals surface area contributed by atoms with Gasteiger partial charge in [-0.1, -0.05) is 33.6 Å². The predicted molar refractivity (Wildman–Crippen MR) is 68.0 cm³/mol. The number of carboxylic acids is 1. The summed E-state index contributed by atoms with van der Waals surface area (Å²) in [5.74, 6) is -1.46. The summed E-state index contributed by atoms with van der Waals surface area (Å²) in [6.45, 7) is 1.31. The van der Waals surface area contributed by atoms with E-state index in [0.717, 1.165) is 9.37 Å². The number of amides is 1. The number of carboxylic acid groups (broad SMARTS) is 1. The zero-order valence-electron chi connectivity index (χ0n) is 9.28. The Morgan fingerprint density at radius 1 is 1.47 bits per heavy atom. The summed E-state index contributed by atoms with van der Waals surface area (Å²) in [6.07, 6.45) is 0. The van der Waals surface area contributed by atoms with Crippen molar-refractivity contribution in [2.45, 2.75) is 13.0 Å². The lowest BCUT2D eigenvalue weighted by Crippen LogP contribution is -2.34. The van der Waals surface area contributed by atoms with Gasteiger partial charge in [-0.05, 0) is 12.1 Å². The molecule has 1 aromatic rings. The van der Waals surface area contributed by atoms with Crippen LogP contribution in [0.25, 0.3) is 0 Å². The Kier molecular flexibility index (Phi) is 4.54. The maximum absolute atomic E-state index is 11.3. The number of hydrogen-bond donors (Lipinski definition) is 1. The van der Waals surface area contributed by atoms with E-state index in [2.05, 4.69) is 15.9 Å². The fourth-order valence-electron chi connectivity index (χ4n) is 1.41. The summed E-state index contributed by atoms with van der Waals surface area (Å²) >= 11 is 9.22. The van der Waals surface area contributed by atoms with E-state index >= 15 is 0 Å². The lowest BCUT2D eigenvalue weighted by Gasteiger charge is -2.24. The standard InChI is InChI=1S/C11H11BrClNO3/c1-6(15)14(2)10(11(16)17)8-4-3-7(12)5-9(8)13/h3-5,10H,1-2H3,(H,16,17). The molecule has 4 nitrogen and oxygen atoms in total. The van der Waals surface area contributed by atoms with Crippen LogP contribution < -0.4 is 0 Å². The van der Waals surface area contributed by atoms with Crippen LogP contribution in [-0.4, -0.2) is 28.9 Å². The van der Waals surface area contributed by atoms with Gasteiger partial charge in [-0.2, -0.15) is 0 Å². The first kappa shape index (κ1) is 14.0. The van der Waals surface area contributed by atoms with Gasteiger partial charge in [0, 0.05) is 29.0 Å². The minimum absolute atomic E-state index is 0.305. The molecule has 1 amide bonds. The average molecular weight is 321 g/mol. The zero-order valence-corrected chi connectivity index (χ0v) is 11.6. The second-order valence-corrected chi connectivity index (χ2v) is 4.86. The first-order valence-electron chi connectivity index (χ1n) is 4.75. The van der Waals surface area contributed by atoms with Crippen molar-refractivity contribution in [3.8, 4) is 0 Å². The molecule has 1 atom stereocenters. The topological polar surface area (TPSA) is 57.6 Å². The maximum atomic E-state index is 11.3. The molecule has 17 heavy (non-hydrogen) atoms. The highest BCUT2D eigenvalue weighted by Crippen LogP contribution is 2.29. The number of carbonyl (C=O) groups is 2. The van der Waals surface area contributed by atoms with Gasteiger partial charge in [0.15, 0.2) is 6.04 Å². The fraction of sp³-hybridized carbons (Fsp3) is 0.273. The minimum Gasteiger partial charge on any atom is -0.479 e. The van der Waals surface area contributed by atoms with Gasteiger partial charge in [-0.25, -0.2) is 4.79 Å². The van der Waals surface area contributed by atoms with Gasteiger partial charge in [0.05, 0.1) is 0 Å². The van der Waals surface area contributed by atoms with E-state index in [4.69, 9.17) is 11.6 Å². The van der Waals surface area contributed by atoms with Gasteiger partial charge in [0.2, 0.25) is 5.91 Å². The maximum Gasteiger partial charge on any atom is 0.331 e. The largest absolute Gasteiger partial charge is 0.479 e. The number of aliphatic carboxylic acids is 1. The van der Waals surface area contributed by atoms with Crippen molar-refractivity contribution in [1.29, 1.82) is 0 Å². The van der Waals surface area contributed by atoms with Crippen LogP contribution in [0.5, 0.6) is 0 Å². The molecule has 1 unspecified atom stereocenters. The molecule has 0 bridgehead atoms. The molecule has 1 rings (SSSR count). The highest BCUT2D eigenvalue weighted by molar-refractivity contribution is 9.10. The number of likely N-dealkylation sites (N-methyl/N-ethyl adjacent to an activating group) is 1. The van der Waals surface area contributed by atoms with E-state index < -0.39 is 12.0 Å². The van der Waals surface area contributed by atoms with Crippen molar-refractivity contribution in [2.75, 3.05) is 7.05 Å². The summed E-state index contributed by atoms with van der Waals surface area (Å²) in [6, 6.07) is 3.80. The number of nitrogens with zero attached hydrogens (tertiary/aromatic N) is 1. The van der Waals surface area contributed by atoms with Crippen molar-refractivity contribution < 1.29 is 14.7 Å². The highest BCUT2D eigenvalue weighted by atomic mass is 79.9. The highest BCUT2D eigenvalue weighted by Gasteiger charge is 2.28. The van der Waals surface area contributed by atoms with Crippen molar-refractivity contribution in [1.82, 2.24) is 4.90 Å². The Hall–Kier alpha value is -1.07. The quantitative estimate of drug-likeness (QED) is 0.931. The monoisotopic (exact) mass is 319 g/mol. The van der Waals surface area contributed by atoms with E-state index in [-0.39, 0.29) is 5.91 Å². The summed E-state index contributed by atoms with van der Waals surface area (Å²) in [5.41, 5.74) is 0.389. The first-order chi connectivity index (χ1) is 7.84. The molecule has 92 valence electrons. The van der Waals surface area contributed by atoms with Crippen LogP contribution >= 0.6 is 27.5 Å². The molecule has 0 heterocycles. The SMILES string of the molecule is CC(=O)N(C)C(C(=O)O)c1ccc(Br)cc1Cl. The second-order valence-electron chi connectivity index (χ2n) is 3.54. The molecule has 1 N–H and O–H groups in total. The zero-order chi connectivity index (χ0) is 13.2. The molecule has 0 aliphatic carbocycles. The molecule has 1 aromatic carbocycles. The van der Waals surface area contributed by atoms with Gasteiger partial charge >= 0.3 is 5.97 Å². The third-order valence-electron chi connectivity index (χ3n) is 2.37. The molecule has 0 aliphatic heterocycles. The van der Waals surface area contributed by atoms with Crippen molar-refractivity contribution in [2.24, 2.45) is 0 Å². The molecular weight excluding hydrogens is 309 g/mol. The second kappa shape index (κ2) is 5.51. The van der Waals surface area contributed by atoms with Crippen LogP contribution in [0.4, 0.5) is 0 Å². The summed E-state index contributed by atoms with van der Waals surface area (Å²) in [7, 11) is 1.43. The number of rotatable bonds is 3. The lowest BCUT2D eigenvalue weighted by atomic mass is 10.1. The van der Waals surface area contributed by atoms with Gasteiger partial charge < -0.3 is 10.0 Å². The third-order valence-corrected chi connectivity index (χ3v) is 3.20. The smallest absolute Gasteiger partial charge is 0.331 e. The Balaban J connectivity index is 3.23. The van der Waals surface area contributed by atoms with E-state index in [0.29, 0.717) is 10.6 Å². The lowest BCUT2D eigenvalue weighted by molar-refractivity contribution is -0.148. The van der Waals surface area contributed by atoms with E-state index in [1.807, 2.05) is 0 Å². The van der Waals surface area contributed by atoms with E-state index in [9.17, 15) is 14.7 Å². The molecule has 0 fully saturated rings. The number of hydrogen-bond acceptors (Lipinski definition) is 2. The molecule has 0 saturated heterocycles. The van der Waals surface area contributed by atoms with E-state index in [1.54, 1.807) is 18.2 Å². The summed E-state index contributed by atoms with van der Waals surface area (Å²) in [4.78, 5) is 23.6. The van der Waals surface area contributed by atoms with Crippen molar-refractivity contribution >= 4 is 39.4 Å². The van der Waals surface area contributed by atoms with Crippen molar-refractivity contribution in [3.63, 3.8) is 0 Å². The molecule has 0 saturated carbocycles. The average Bonchev–Trinajstić information content (AvgIpc) is 2.20. The number of carbonyl (C=O) groups excluding carboxylic acids is 1. The molecule has 0 aromatic heterocycles. The van der Waals surface area contributed by atoms with Crippen LogP contribution in [0.2, 0.25) is 5.02 Å². The summed E-state index contributed by atoms with van der Waals surface area (Å²) in [5, 5.41) is 9.48. The Bertz CT molecular complexity index is 464. The number of halogens is 2. The van der Waals surface area contributed by atoms with E-state index in [1.165, 1.54) is 14.0 Å². The third kappa shape index (κ3) is 3.20. The van der Waals surface area contributed by atoms with Crippen LogP contribution in [0, 0.1) is 0 Å². The minimum atomic E-state index is -1.12. The van der Waals surface area contributed by atoms with Gasteiger partial charge in [0.25, 0.3) is 0 Å². The summed E-state index contributed by atoms with van der Waals surface area (Å²) < 4.78 is 0.751. The normalized spacial score (nSPS) is 12.0. The Morgan fingerprint density at radius 2 is 2.06 bits per heavy atom. The molecule has 6 heteroatoms. The van der Waals surface area contributed by atoms with Gasteiger partial charge in [0.1, 0.15) is 0 Å².